The number of aliphatic hydroxyl groups excluding tert-OH is 2. The van der Waals surface area contributed by atoms with E-state index in [4.69, 9.17) is 4.74 Å². The normalized spacial score (nSPS) is 35.2. The molecule has 1 aromatic rings. The Balaban J connectivity index is 2.11. The zero-order valence-electron chi connectivity index (χ0n) is 12.9. The summed E-state index contributed by atoms with van der Waals surface area (Å²) in [5.74, 6) is -2.19. The average molecular weight is 341 g/mol. The van der Waals surface area contributed by atoms with Crippen LogP contribution in [0.15, 0.2) is 19.1 Å². The van der Waals surface area contributed by atoms with Crippen molar-refractivity contribution in [1.29, 1.82) is 0 Å². The first kappa shape index (κ1) is 16.8. The minimum atomic E-state index is -2.38. The van der Waals surface area contributed by atoms with Crippen LogP contribution in [0.2, 0.25) is 0 Å². The maximum absolute atomic E-state index is 11.0. The summed E-state index contributed by atoms with van der Waals surface area (Å²) in [5, 5.41) is 50.3. The van der Waals surface area contributed by atoms with E-state index >= 15 is 0 Å². The van der Waals surface area contributed by atoms with E-state index in [9.17, 15) is 25.6 Å². The largest absolute Gasteiger partial charge is 0.394 e. The van der Waals surface area contributed by atoms with E-state index < -0.39 is 30.3 Å². The highest BCUT2D eigenvalue weighted by Gasteiger charge is 2.66. The molecule has 24 heavy (non-hydrogen) atoms. The third-order valence-corrected chi connectivity index (χ3v) is 4.41. The SMILES string of the molecule is C=CN1CN([C@]2(O)O[C@H](CO)[C@@H](O)[C@@]2(C)O)c2ncnc(NO)c21. The van der Waals surface area contributed by atoms with Gasteiger partial charge in [0, 0.05) is 0 Å². The molecule has 2 aliphatic rings. The van der Waals surface area contributed by atoms with Gasteiger partial charge in [0.1, 0.15) is 30.9 Å². The molecule has 132 valence electrons. The van der Waals surface area contributed by atoms with E-state index in [1.807, 2.05) is 5.48 Å². The van der Waals surface area contributed by atoms with Gasteiger partial charge in [-0.05, 0) is 13.1 Å². The van der Waals surface area contributed by atoms with E-state index in [-0.39, 0.29) is 18.3 Å². The molecule has 1 aromatic heterocycles. The van der Waals surface area contributed by atoms with Gasteiger partial charge in [-0.25, -0.2) is 9.97 Å². The molecule has 0 amide bonds. The van der Waals surface area contributed by atoms with Gasteiger partial charge in [0.2, 0.25) is 0 Å². The first-order valence-corrected chi connectivity index (χ1v) is 7.15. The lowest BCUT2D eigenvalue weighted by Crippen LogP contribution is -2.64. The number of ether oxygens (including phenoxy) is 1. The molecular weight excluding hydrogens is 322 g/mol. The van der Waals surface area contributed by atoms with Crippen molar-refractivity contribution in [2.24, 2.45) is 0 Å². The molecule has 0 aromatic carbocycles. The fourth-order valence-corrected chi connectivity index (χ4v) is 3.02. The molecule has 4 atom stereocenters. The molecule has 0 radical (unpaired) electrons. The molecule has 2 aliphatic heterocycles. The van der Waals surface area contributed by atoms with Gasteiger partial charge in [-0.15, -0.1) is 0 Å². The zero-order chi connectivity index (χ0) is 17.7. The predicted octanol–water partition coefficient (Wildman–Crippen LogP) is -1.85. The predicted molar refractivity (Wildman–Crippen MR) is 81.0 cm³/mol. The van der Waals surface area contributed by atoms with Crippen molar-refractivity contribution in [2.45, 2.75) is 30.6 Å². The number of fused-ring (bicyclic) bond motifs is 1. The van der Waals surface area contributed by atoms with Crippen molar-refractivity contribution in [2.75, 3.05) is 28.6 Å². The van der Waals surface area contributed by atoms with E-state index in [2.05, 4.69) is 16.5 Å². The van der Waals surface area contributed by atoms with Gasteiger partial charge in [-0.2, -0.15) is 0 Å². The molecule has 11 heteroatoms. The molecular formula is C13H19N5O6. The topological polar surface area (TPSA) is 155 Å². The minimum Gasteiger partial charge on any atom is -0.394 e. The van der Waals surface area contributed by atoms with Crippen LogP contribution in [0.25, 0.3) is 0 Å². The second kappa shape index (κ2) is 5.51. The number of aliphatic hydroxyl groups is 4. The quantitative estimate of drug-likeness (QED) is 0.342. The third kappa shape index (κ3) is 2.00. The van der Waals surface area contributed by atoms with Gasteiger partial charge in [-0.3, -0.25) is 15.6 Å². The number of anilines is 3. The number of hydrogen-bond donors (Lipinski definition) is 6. The van der Waals surface area contributed by atoms with Gasteiger partial charge < -0.3 is 30.1 Å². The third-order valence-electron chi connectivity index (χ3n) is 4.41. The van der Waals surface area contributed by atoms with Crippen molar-refractivity contribution in [1.82, 2.24) is 9.97 Å². The Kier molecular flexibility index (Phi) is 3.86. The summed E-state index contributed by atoms with van der Waals surface area (Å²) in [6, 6.07) is 0. The number of aromatic nitrogens is 2. The van der Waals surface area contributed by atoms with Crippen LogP contribution >= 0.6 is 0 Å². The van der Waals surface area contributed by atoms with Gasteiger partial charge in [0.25, 0.3) is 5.91 Å². The van der Waals surface area contributed by atoms with Crippen molar-refractivity contribution in [3.8, 4) is 0 Å². The van der Waals surface area contributed by atoms with Crippen molar-refractivity contribution in [3.05, 3.63) is 19.1 Å². The molecule has 3 heterocycles. The molecule has 0 bridgehead atoms. The van der Waals surface area contributed by atoms with Gasteiger partial charge >= 0.3 is 0 Å². The minimum absolute atomic E-state index is 0.0519. The molecule has 6 N–H and O–H groups in total. The zero-order valence-corrected chi connectivity index (χ0v) is 12.9. The van der Waals surface area contributed by atoms with Crippen LogP contribution in [-0.2, 0) is 4.74 Å². The van der Waals surface area contributed by atoms with Crippen LogP contribution in [0, 0.1) is 0 Å². The second-order valence-electron chi connectivity index (χ2n) is 5.77. The average Bonchev–Trinajstić information content (AvgIpc) is 3.04. The highest BCUT2D eigenvalue weighted by Crippen LogP contribution is 2.48. The van der Waals surface area contributed by atoms with E-state index in [0.717, 1.165) is 6.33 Å². The Labute approximate surface area is 137 Å². The van der Waals surface area contributed by atoms with E-state index in [1.165, 1.54) is 22.9 Å². The summed E-state index contributed by atoms with van der Waals surface area (Å²) >= 11 is 0. The Hall–Kier alpha value is -2.02. The highest BCUT2D eigenvalue weighted by atomic mass is 16.7. The standard InChI is InChI=1S/C13H19N5O6/c1-3-17-6-18(11-8(17)10(16-23)14-5-15-11)13(22)12(2,21)9(20)7(4-19)24-13/h3,5,7,9,19-23H,1,4,6H2,2H3,(H,14,15,16)/t7-,9-,12-,13-/m1/s1. The van der Waals surface area contributed by atoms with Gasteiger partial charge in [0.15, 0.2) is 17.2 Å². The lowest BCUT2D eigenvalue weighted by molar-refractivity contribution is -0.262. The Bertz CT molecular complexity index is 658. The molecule has 1 saturated heterocycles. The Morgan fingerprint density at radius 1 is 1.50 bits per heavy atom. The molecule has 0 unspecified atom stereocenters. The maximum atomic E-state index is 11.0. The van der Waals surface area contributed by atoms with E-state index in [0.29, 0.717) is 5.69 Å². The maximum Gasteiger partial charge on any atom is 0.285 e. The second-order valence-corrected chi connectivity index (χ2v) is 5.77. The molecule has 0 saturated carbocycles. The highest BCUT2D eigenvalue weighted by molar-refractivity contribution is 5.83. The lowest BCUT2D eigenvalue weighted by Gasteiger charge is -2.41. The van der Waals surface area contributed by atoms with Crippen LogP contribution in [0.1, 0.15) is 6.92 Å². The van der Waals surface area contributed by atoms with Crippen molar-refractivity contribution >= 4 is 17.3 Å². The number of nitrogens with one attached hydrogen (secondary N) is 1. The Morgan fingerprint density at radius 2 is 2.21 bits per heavy atom. The number of nitrogens with zero attached hydrogens (tertiary/aromatic N) is 4. The number of rotatable bonds is 4. The lowest BCUT2D eigenvalue weighted by atomic mass is 9.94. The van der Waals surface area contributed by atoms with Crippen LogP contribution in [0.3, 0.4) is 0 Å². The molecule has 3 rings (SSSR count). The molecule has 1 fully saturated rings. The summed E-state index contributed by atoms with van der Waals surface area (Å²) in [6.07, 6.45) is -0.172. The molecule has 0 spiro atoms. The summed E-state index contributed by atoms with van der Waals surface area (Å²) in [5.41, 5.74) is 0.0869. The fraction of sp³-hybridized carbons (Fsp3) is 0.538. The first-order valence-electron chi connectivity index (χ1n) is 7.15. The fourth-order valence-electron chi connectivity index (χ4n) is 3.02. The summed E-state index contributed by atoms with van der Waals surface area (Å²) in [6.45, 7) is 4.18. The van der Waals surface area contributed by atoms with Crippen molar-refractivity contribution in [3.63, 3.8) is 0 Å². The van der Waals surface area contributed by atoms with Crippen LogP contribution < -0.4 is 15.3 Å². The number of hydrogen-bond acceptors (Lipinski definition) is 11. The molecule has 0 aliphatic carbocycles. The van der Waals surface area contributed by atoms with Crippen LogP contribution in [0.4, 0.5) is 17.3 Å². The van der Waals surface area contributed by atoms with Gasteiger partial charge in [-0.1, -0.05) is 6.58 Å². The summed E-state index contributed by atoms with van der Waals surface area (Å²) < 4.78 is 5.36. The Morgan fingerprint density at radius 3 is 2.75 bits per heavy atom. The first-order chi connectivity index (χ1) is 11.3. The molecule has 11 nitrogen and oxygen atoms in total. The van der Waals surface area contributed by atoms with E-state index in [1.54, 1.807) is 0 Å². The van der Waals surface area contributed by atoms with Crippen LogP contribution in [0.5, 0.6) is 0 Å². The summed E-state index contributed by atoms with van der Waals surface area (Å²) in [4.78, 5) is 10.6. The monoisotopic (exact) mass is 341 g/mol. The van der Waals surface area contributed by atoms with Gasteiger partial charge in [0.05, 0.1) is 6.61 Å². The van der Waals surface area contributed by atoms with Crippen LogP contribution in [-0.4, -0.2) is 72.6 Å². The summed E-state index contributed by atoms with van der Waals surface area (Å²) in [7, 11) is 0. The smallest absolute Gasteiger partial charge is 0.285 e. The van der Waals surface area contributed by atoms with Crippen molar-refractivity contribution < 1.29 is 30.4 Å².